The van der Waals surface area contributed by atoms with E-state index >= 15 is 0 Å². The first-order valence-electron chi connectivity index (χ1n) is 7.36. The van der Waals surface area contributed by atoms with Gasteiger partial charge in [-0.15, -0.1) is 0 Å². The van der Waals surface area contributed by atoms with Crippen molar-refractivity contribution in [2.45, 2.75) is 47.6 Å². The maximum atomic E-state index is 4.65. The van der Waals surface area contributed by atoms with Gasteiger partial charge in [0.25, 0.3) is 0 Å². The van der Waals surface area contributed by atoms with E-state index in [4.69, 9.17) is 0 Å². The highest BCUT2D eigenvalue weighted by atomic mass is 15.2. The molecule has 0 aromatic carbocycles. The summed E-state index contributed by atoms with van der Waals surface area (Å²) in [6.07, 6.45) is 3.11. The molecule has 1 N–H and O–H groups in total. The Hall–Kier alpha value is -1.16. The lowest BCUT2D eigenvalue weighted by Gasteiger charge is -2.23. The number of nitrogens with zero attached hydrogens (tertiary/aromatic N) is 3. The number of hydrogen-bond acceptors (Lipinski definition) is 4. The van der Waals surface area contributed by atoms with Crippen molar-refractivity contribution in [3.05, 3.63) is 17.5 Å². The van der Waals surface area contributed by atoms with Crippen LogP contribution in [-0.2, 0) is 6.54 Å². The molecule has 1 heterocycles. The van der Waals surface area contributed by atoms with E-state index in [2.05, 4.69) is 54.8 Å². The molecule has 1 aromatic rings. The van der Waals surface area contributed by atoms with Crippen LogP contribution in [0.15, 0.2) is 6.20 Å². The third kappa shape index (κ3) is 5.15. The van der Waals surface area contributed by atoms with Crippen LogP contribution in [-0.4, -0.2) is 29.6 Å². The Bertz CT molecular complexity index is 376. The highest BCUT2D eigenvalue weighted by Crippen LogP contribution is 2.12. The summed E-state index contributed by atoms with van der Waals surface area (Å²) < 4.78 is 0. The summed E-state index contributed by atoms with van der Waals surface area (Å²) in [6, 6.07) is 0. The molecule has 0 saturated carbocycles. The molecule has 0 aliphatic rings. The molecule has 0 atom stereocenters. The Labute approximate surface area is 117 Å². The highest BCUT2D eigenvalue weighted by Gasteiger charge is 2.11. The summed E-state index contributed by atoms with van der Waals surface area (Å²) in [4.78, 5) is 11.4. The highest BCUT2D eigenvalue weighted by molar-refractivity contribution is 5.32. The largest absolute Gasteiger partial charge is 0.341 e. The molecular weight excluding hydrogens is 236 g/mol. The van der Waals surface area contributed by atoms with Crippen LogP contribution in [0.2, 0.25) is 0 Å². The lowest BCUT2D eigenvalue weighted by atomic mass is 10.2. The Morgan fingerprint density at radius 2 is 2.05 bits per heavy atom. The summed E-state index contributed by atoms with van der Waals surface area (Å²) >= 11 is 0. The number of rotatable bonds is 8. The fraction of sp³-hybridized carbons (Fsp3) is 0.733. The van der Waals surface area contributed by atoms with Gasteiger partial charge in [0.2, 0.25) is 5.95 Å². The maximum absolute atomic E-state index is 4.65. The molecule has 0 spiro atoms. The van der Waals surface area contributed by atoms with Crippen LogP contribution in [0.5, 0.6) is 0 Å². The van der Waals surface area contributed by atoms with Crippen LogP contribution < -0.4 is 10.2 Å². The Morgan fingerprint density at radius 3 is 2.58 bits per heavy atom. The van der Waals surface area contributed by atoms with Gasteiger partial charge >= 0.3 is 0 Å². The molecule has 0 radical (unpaired) electrons. The Balaban J connectivity index is 2.74. The molecule has 0 bridgehead atoms. The molecule has 19 heavy (non-hydrogen) atoms. The van der Waals surface area contributed by atoms with E-state index in [1.54, 1.807) is 0 Å². The number of aryl methyl sites for hydroxylation is 1. The minimum atomic E-state index is 0.620. The zero-order valence-electron chi connectivity index (χ0n) is 13.0. The third-order valence-corrected chi connectivity index (χ3v) is 3.06. The van der Waals surface area contributed by atoms with Gasteiger partial charge < -0.3 is 10.2 Å². The fourth-order valence-electron chi connectivity index (χ4n) is 2.00. The molecule has 1 rings (SSSR count). The van der Waals surface area contributed by atoms with Crippen molar-refractivity contribution in [2.75, 3.05) is 24.5 Å². The zero-order chi connectivity index (χ0) is 14.3. The summed E-state index contributed by atoms with van der Waals surface area (Å²) in [7, 11) is 0. The Kier molecular flexibility index (Phi) is 6.78. The molecule has 4 heteroatoms. The van der Waals surface area contributed by atoms with Gasteiger partial charge in [-0.3, -0.25) is 0 Å². The first-order chi connectivity index (χ1) is 9.08. The van der Waals surface area contributed by atoms with Crippen LogP contribution in [0.1, 0.15) is 45.4 Å². The van der Waals surface area contributed by atoms with Gasteiger partial charge in [-0.2, -0.15) is 0 Å². The number of hydrogen-bond donors (Lipinski definition) is 1. The second-order valence-corrected chi connectivity index (χ2v) is 5.39. The van der Waals surface area contributed by atoms with Gasteiger partial charge in [-0.1, -0.05) is 20.8 Å². The minimum absolute atomic E-state index is 0.620. The van der Waals surface area contributed by atoms with E-state index in [0.717, 1.165) is 44.2 Å². The second-order valence-electron chi connectivity index (χ2n) is 5.39. The topological polar surface area (TPSA) is 41.1 Å². The summed E-state index contributed by atoms with van der Waals surface area (Å²) in [6.45, 7) is 14.7. The van der Waals surface area contributed by atoms with Crippen molar-refractivity contribution in [1.82, 2.24) is 15.3 Å². The van der Waals surface area contributed by atoms with Gasteiger partial charge in [0.1, 0.15) is 0 Å². The van der Waals surface area contributed by atoms with E-state index in [1.807, 2.05) is 6.20 Å². The number of anilines is 1. The summed E-state index contributed by atoms with van der Waals surface area (Å²) in [5.74, 6) is 1.47. The molecular formula is C15H28N4. The zero-order valence-corrected chi connectivity index (χ0v) is 13.0. The first kappa shape index (κ1) is 15.9. The third-order valence-electron chi connectivity index (χ3n) is 3.06. The van der Waals surface area contributed by atoms with Gasteiger partial charge in [0, 0.05) is 37.1 Å². The smallest absolute Gasteiger partial charge is 0.225 e. The van der Waals surface area contributed by atoms with E-state index in [9.17, 15) is 0 Å². The quantitative estimate of drug-likeness (QED) is 0.733. The standard InChI is InChI=1S/C15H28N4/c1-6-8-16-9-14-10-17-15(18-13(14)5)19(7-2)11-12(3)4/h10,12,16H,6-9,11H2,1-5H3. The van der Waals surface area contributed by atoms with Crippen molar-refractivity contribution in [3.8, 4) is 0 Å². The molecule has 4 nitrogen and oxygen atoms in total. The van der Waals surface area contributed by atoms with E-state index in [0.29, 0.717) is 5.92 Å². The molecule has 0 unspecified atom stereocenters. The van der Waals surface area contributed by atoms with Crippen molar-refractivity contribution < 1.29 is 0 Å². The van der Waals surface area contributed by atoms with Crippen molar-refractivity contribution in [3.63, 3.8) is 0 Å². The van der Waals surface area contributed by atoms with Crippen molar-refractivity contribution in [2.24, 2.45) is 5.92 Å². The van der Waals surface area contributed by atoms with E-state index in [1.165, 1.54) is 5.56 Å². The number of nitrogens with one attached hydrogen (secondary N) is 1. The lowest BCUT2D eigenvalue weighted by Crippen LogP contribution is -2.29. The molecule has 1 aromatic heterocycles. The molecule has 0 saturated heterocycles. The summed E-state index contributed by atoms with van der Waals surface area (Å²) in [5, 5.41) is 3.39. The normalized spacial score (nSPS) is 11.1. The monoisotopic (exact) mass is 264 g/mol. The van der Waals surface area contributed by atoms with Gasteiger partial charge in [0.05, 0.1) is 0 Å². The SMILES string of the molecule is CCCNCc1cnc(N(CC)CC(C)C)nc1C. The lowest BCUT2D eigenvalue weighted by molar-refractivity contribution is 0.607. The first-order valence-corrected chi connectivity index (χ1v) is 7.36. The van der Waals surface area contributed by atoms with Crippen LogP contribution >= 0.6 is 0 Å². The van der Waals surface area contributed by atoms with Crippen molar-refractivity contribution in [1.29, 1.82) is 0 Å². The minimum Gasteiger partial charge on any atom is -0.341 e. The van der Waals surface area contributed by atoms with Crippen LogP contribution in [0, 0.1) is 12.8 Å². The fourth-order valence-corrected chi connectivity index (χ4v) is 2.00. The van der Waals surface area contributed by atoms with Gasteiger partial charge in [-0.25, -0.2) is 9.97 Å². The molecule has 0 fully saturated rings. The van der Waals surface area contributed by atoms with Gasteiger partial charge in [-0.05, 0) is 32.7 Å². The second kappa shape index (κ2) is 8.10. The Morgan fingerprint density at radius 1 is 1.32 bits per heavy atom. The van der Waals surface area contributed by atoms with Crippen LogP contribution in [0.3, 0.4) is 0 Å². The molecule has 0 aliphatic carbocycles. The molecule has 0 aliphatic heterocycles. The average Bonchev–Trinajstić information content (AvgIpc) is 2.38. The van der Waals surface area contributed by atoms with Crippen LogP contribution in [0.25, 0.3) is 0 Å². The average molecular weight is 264 g/mol. The van der Waals surface area contributed by atoms with Crippen LogP contribution in [0.4, 0.5) is 5.95 Å². The van der Waals surface area contributed by atoms with Crippen molar-refractivity contribution >= 4 is 5.95 Å². The van der Waals surface area contributed by atoms with E-state index in [-0.39, 0.29) is 0 Å². The maximum Gasteiger partial charge on any atom is 0.225 e. The van der Waals surface area contributed by atoms with Gasteiger partial charge in [0.15, 0.2) is 0 Å². The predicted octanol–water partition coefficient (Wildman–Crippen LogP) is 2.77. The molecule has 108 valence electrons. The molecule has 0 amide bonds. The summed E-state index contributed by atoms with van der Waals surface area (Å²) in [5.41, 5.74) is 2.27. The number of aromatic nitrogens is 2. The predicted molar refractivity (Wildman–Crippen MR) is 81.5 cm³/mol. The van der Waals surface area contributed by atoms with E-state index < -0.39 is 0 Å².